The third-order valence-electron chi connectivity index (χ3n) is 3.14. The van der Waals surface area contributed by atoms with Gasteiger partial charge in [0.15, 0.2) is 0 Å². The van der Waals surface area contributed by atoms with E-state index < -0.39 is 0 Å². The van der Waals surface area contributed by atoms with Gasteiger partial charge < -0.3 is 10.2 Å². The fourth-order valence-electron chi connectivity index (χ4n) is 2.01. The van der Waals surface area contributed by atoms with Crippen molar-refractivity contribution in [2.75, 3.05) is 0 Å². The maximum Gasteiger partial charge on any atom is 0.0693 e. The molecule has 0 saturated heterocycles. The van der Waals surface area contributed by atoms with Gasteiger partial charge in [0.2, 0.25) is 0 Å². The predicted octanol–water partition coefficient (Wildman–Crippen LogP) is 4.09. The number of rotatable bonds is 5. The molecule has 0 aliphatic heterocycles. The van der Waals surface area contributed by atoms with Crippen LogP contribution < -0.4 is 0 Å². The minimum absolute atomic E-state index is 0.0104. The van der Waals surface area contributed by atoms with Crippen molar-refractivity contribution in [1.29, 1.82) is 0 Å². The third-order valence-corrected chi connectivity index (χ3v) is 5.97. The Hall–Kier alpha value is -0.940. The van der Waals surface area contributed by atoms with Gasteiger partial charge in [0.05, 0.1) is 13.2 Å². The van der Waals surface area contributed by atoms with Crippen molar-refractivity contribution in [2.24, 2.45) is 0 Å². The maximum absolute atomic E-state index is 9.44. The van der Waals surface area contributed by atoms with E-state index in [1.54, 1.807) is 21.6 Å². The van der Waals surface area contributed by atoms with Gasteiger partial charge in [-0.25, -0.2) is 0 Å². The van der Waals surface area contributed by atoms with Crippen molar-refractivity contribution in [2.45, 2.75) is 36.9 Å². The highest BCUT2D eigenvalue weighted by molar-refractivity contribution is 8.76. The fourth-order valence-corrected chi connectivity index (χ4v) is 4.98. The Morgan fingerprint density at radius 2 is 1.20 bits per heavy atom. The molecule has 0 radical (unpaired) electrons. The number of benzene rings is 2. The van der Waals surface area contributed by atoms with Crippen LogP contribution in [0.2, 0.25) is 0 Å². The van der Waals surface area contributed by atoms with Crippen molar-refractivity contribution in [1.82, 2.24) is 0 Å². The quantitative estimate of drug-likeness (QED) is 0.816. The second-order valence-corrected chi connectivity index (χ2v) is 6.76. The summed E-state index contributed by atoms with van der Waals surface area (Å²) in [6, 6.07) is 11.9. The van der Waals surface area contributed by atoms with Gasteiger partial charge in [0.25, 0.3) is 0 Å². The van der Waals surface area contributed by atoms with Crippen molar-refractivity contribution in [3.63, 3.8) is 0 Å². The Kier molecular flexibility index (Phi) is 5.54. The second kappa shape index (κ2) is 7.18. The molecule has 2 N–H and O–H groups in total. The minimum atomic E-state index is -0.0104. The van der Waals surface area contributed by atoms with Crippen molar-refractivity contribution >= 4 is 21.6 Å². The first-order valence-electron chi connectivity index (χ1n) is 6.40. The fraction of sp³-hybridized carbons (Fsp3) is 0.250. The Morgan fingerprint density at radius 1 is 0.750 bits per heavy atom. The maximum atomic E-state index is 9.44. The highest BCUT2D eigenvalue weighted by atomic mass is 33.1. The summed E-state index contributed by atoms with van der Waals surface area (Å²) in [5.41, 5.74) is 4.21. The number of hydrogen-bond donors (Lipinski definition) is 2. The minimum Gasteiger partial charge on any atom is -0.392 e. The highest BCUT2D eigenvalue weighted by Gasteiger charge is 2.11. The van der Waals surface area contributed by atoms with Crippen LogP contribution in [-0.4, -0.2) is 10.2 Å². The lowest BCUT2D eigenvalue weighted by atomic mass is 10.1. The average molecular weight is 306 g/mol. The van der Waals surface area contributed by atoms with E-state index in [0.29, 0.717) is 0 Å². The summed E-state index contributed by atoms with van der Waals surface area (Å²) >= 11 is 0. The molecule has 106 valence electrons. The topological polar surface area (TPSA) is 40.5 Å². The Morgan fingerprint density at radius 3 is 1.70 bits per heavy atom. The number of aliphatic hydroxyl groups excluding tert-OH is 2. The molecule has 2 aromatic rings. The third kappa shape index (κ3) is 3.38. The Labute approximate surface area is 127 Å². The van der Waals surface area contributed by atoms with Crippen molar-refractivity contribution in [3.8, 4) is 0 Å². The summed E-state index contributed by atoms with van der Waals surface area (Å²) in [7, 11) is 3.28. The van der Waals surface area contributed by atoms with Crippen LogP contribution in [0, 0.1) is 13.8 Å². The number of aliphatic hydroxyl groups is 2. The molecule has 0 spiro atoms. The molecule has 0 fully saturated rings. The van der Waals surface area contributed by atoms with Gasteiger partial charge in [-0.15, -0.1) is 0 Å². The molecular weight excluding hydrogens is 288 g/mol. The summed E-state index contributed by atoms with van der Waals surface area (Å²) < 4.78 is 0. The largest absolute Gasteiger partial charge is 0.392 e. The van der Waals surface area contributed by atoms with E-state index in [1.807, 2.05) is 18.2 Å². The molecule has 0 heterocycles. The SMILES string of the molecule is Cc1cccc(C)c1SSc1c(CO)cccc1CO. The standard InChI is InChI=1S/C16H18O2S2/c1-11-5-3-6-12(2)15(11)19-20-16-13(9-17)7-4-8-14(16)10-18/h3-8,17-18H,9-10H2,1-2H3. The molecule has 20 heavy (non-hydrogen) atoms. The van der Waals surface area contributed by atoms with E-state index in [4.69, 9.17) is 0 Å². The molecule has 0 aliphatic rings. The van der Waals surface area contributed by atoms with Gasteiger partial charge in [-0.05, 0) is 36.1 Å². The van der Waals surface area contributed by atoms with Crippen LogP contribution >= 0.6 is 21.6 Å². The molecule has 2 aromatic carbocycles. The van der Waals surface area contributed by atoms with Crippen LogP contribution in [0.3, 0.4) is 0 Å². The summed E-state index contributed by atoms with van der Waals surface area (Å²) in [6.45, 7) is 4.18. The second-order valence-electron chi connectivity index (χ2n) is 4.61. The highest BCUT2D eigenvalue weighted by Crippen LogP contribution is 2.43. The van der Waals surface area contributed by atoms with Crippen LogP contribution in [0.4, 0.5) is 0 Å². The average Bonchev–Trinajstić information content (AvgIpc) is 2.46. The zero-order valence-electron chi connectivity index (χ0n) is 11.6. The lowest BCUT2D eigenvalue weighted by Crippen LogP contribution is -1.93. The van der Waals surface area contributed by atoms with Crippen LogP contribution in [-0.2, 0) is 13.2 Å². The van der Waals surface area contributed by atoms with Gasteiger partial charge >= 0.3 is 0 Å². The monoisotopic (exact) mass is 306 g/mol. The summed E-state index contributed by atoms with van der Waals surface area (Å²) in [4.78, 5) is 2.21. The number of hydrogen-bond acceptors (Lipinski definition) is 4. The molecule has 0 unspecified atom stereocenters. The zero-order chi connectivity index (χ0) is 14.5. The Balaban J connectivity index is 2.27. The van der Waals surface area contributed by atoms with Gasteiger partial charge in [0, 0.05) is 9.79 Å². The van der Waals surface area contributed by atoms with E-state index in [0.717, 1.165) is 16.0 Å². The van der Waals surface area contributed by atoms with Crippen LogP contribution in [0.15, 0.2) is 46.2 Å². The van der Waals surface area contributed by atoms with Gasteiger partial charge in [-0.3, -0.25) is 0 Å². The summed E-state index contributed by atoms with van der Waals surface area (Å²) in [6.07, 6.45) is 0. The van der Waals surface area contributed by atoms with Gasteiger partial charge in [0.1, 0.15) is 0 Å². The summed E-state index contributed by atoms with van der Waals surface area (Å²) in [5, 5.41) is 18.9. The van der Waals surface area contributed by atoms with Crippen LogP contribution in [0.25, 0.3) is 0 Å². The molecule has 2 rings (SSSR count). The lowest BCUT2D eigenvalue weighted by Gasteiger charge is -2.13. The lowest BCUT2D eigenvalue weighted by molar-refractivity contribution is 0.269. The van der Waals surface area contributed by atoms with E-state index in [9.17, 15) is 10.2 Å². The van der Waals surface area contributed by atoms with E-state index in [-0.39, 0.29) is 13.2 Å². The first-order chi connectivity index (χ1) is 9.67. The summed E-state index contributed by atoms with van der Waals surface area (Å²) in [5.74, 6) is 0. The normalized spacial score (nSPS) is 10.8. The molecule has 2 nitrogen and oxygen atoms in total. The molecule has 0 bridgehead atoms. The first-order valence-corrected chi connectivity index (χ1v) is 8.55. The van der Waals surface area contributed by atoms with Crippen molar-refractivity contribution in [3.05, 3.63) is 58.7 Å². The van der Waals surface area contributed by atoms with E-state index >= 15 is 0 Å². The zero-order valence-corrected chi connectivity index (χ0v) is 13.2. The van der Waals surface area contributed by atoms with Crippen LogP contribution in [0.5, 0.6) is 0 Å². The first kappa shape index (κ1) is 15.4. The molecule has 0 aliphatic carbocycles. The predicted molar refractivity (Wildman–Crippen MR) is 85.9 cm³/mol. The van der Waals surface area contributed by atoms with E-state index in [1.165, 1.54) is 16.0 Å². The molecule has 0 atom stereocenters. The smallest absolute Gasteiger partial charge is 0.0693 e. The molecular formula is C16H18O2S2. The molecule has 0 saturated carbocycles. The van der Waals surface area contributed by atoms with Crippen LogP contribution in [0.1, 0.15) is 22.3 Å². The molecule has 0 aromatic heterocycles. The molecule has 0 amide bonds. The number of aryl methyl sites for hydroxylation is 2. The van der Waals surface area contributed by atoms with Gasteiger partial charge in [-0.2, -0.15) is 0 Å². The van der Waals surface area contributed by atoms with Crippen molar-refractivity contribution < 1.29 is 10.2 Å². The van der Waals surface area contributed by atoms with E-state index in [2.05, 4.69) is 32.0 Å². The molecule has 4 heteroatoms. The van der Waals surface area contributed by atoms with Gasteiger partial charge in [-0.1, -0.05) is 58.0 Å². The Bertz CT molecular complexity index is 555.